The Labute approximate surface area is 613 Å². The molecule has 3 N–H and O–H groups in total. The zero-order chi connectivity index (χ0) is 73.5. The molecule has 100 heavy (non-hydrogen) atoms. The van der Waals surface area contributed by atoms with Crippen LogP contribution >= 0.6 is 15.6 Å². The summed E-state index contributed by atoms with van der Waals surface area (Å²) in [6.07, 6.45) is 62.8. The standard InChI is InChI=1S/C81H158O17P2/c1-7-9-11-13-15-17-19-21-23-25-26-27-28-30-32-34-36-41-45-53-59-65-80(85)97-76(69-91-78(83)63-57-51-44-40-35-33-31-29-24-22-20-18-16-14-12-10-8-2)71-95-99(87,88)93-67-75(82)68-94-100(89,90)96-72-77(70-92-79(84)64-58-52-48-47-50-56-62-74(5)6)98-81(86)66-60-54-46-42-38-37-39-43-49-55-61-73(3)4/h73-77,82H,7-72H2,1-6H3,(H,87,88)(H,89,90)/t75-,76-,77-/m1/s1. The third-order valence-electron chi connectivity index (χ3n) is 19.0. The van der Waals surface area contributed by atoms with Crippen molar-refractivity contribution in [3.05, 3.63) is 0 Å². The zero-order valence-electron chi connectivity index (χ0n) is 65.5. The highest BCUT2D eigenvalue weighted by Crippen LogP contribution is 2.45. The van der Waals surface area contributed by atoms with E-state index in [4.69, 9.17) is 37.0 Å². The summed E-state index contributed by atoms with van der Waals surface area (Å²) in [7, 11) is -9.92. The molecule has 0 aliphatic rings. The van der Waals surface area contributed by atoms with Crippen molar-refractivity contribution in [1.82, 2.24) is 0 Å². The van der Waals surface area contributed by atoms with Crippen molar-refractivity contribution >= 4 is 39.5 Å². The topological polar surface area (TPSA) is 237 Å². The Morgan fingerprint density at radius 2 is 0.460 bits per heavy atom. The van der Waals surface area contributed by atoms with E-state index in [2.05, 4.69) is 41.5 Å². The highest BCUT2D eigenvalue weighted by atomic mass is 31.2. The average Bonchev–Trinajstić information content (AvgIpc) is 0.912. The fraction of sp³-hybridized carbons (Fsp3) is 0.951. The van der Waals surface area contributed by atoms with E-state index in [1.54, 1.807) is 0 Å². The number of carbonyl (C=O) groups is 4. The van der Waals surface area contributed by atoms with Gasteiger partial charge in [-0.1, -0.05) is 375 Å². The minimum Gasteiger partial charge on any atom is -0.462 e. The predicted molar refractivity (Wildman–Crippen MR) is 409 cm³/mol. The number of carbonyl (C=O) groups excluding carboxylic acids is 4. The Morgan fingerprint density at radius 1 is 0.270 bits per heavy atom. The monoisotopic (exact) mass is 1470 g/mol. The number of phosphoric ester groups is 2. The van der Waals surface area contributed by atoms with E-state index in [0.29, 0.717) is 31.6 Å². The van der Waals surface area contributed by atoms with Gasteiger partial charge in [0.05, 0.1) is 26.4 Å². The molecule has 594 valence electrons. The second-order valence-corrected chi connectivity index (χ2v) is 33.0. The SMILES string of the molecule is CCCCCCCCCCCCCCCCCCCCCCCC(=O)O[C@H](COC(=O)CCCCCCCCCCCCCCCCCCC)COP(=O)(O)OC[C@@H](O)COP(=O)(O)OC[C@@H](COC(=O)CCCCCCCCC(C)C)OC(=O)CCCCCCCCCCCCC(C)C. The quantitative estimate of drug-likeness (QED) is 0.0222. The van der Waals surface area contributed by atoms with E-state index >= 15 is 0 Å². The van der Waals surface area contributed by atoms with Gasteiger partial charge in [0.1, 0.15) is 19.3 Å². The first-order valence-corrected chi connectivity index (χ1v) is 45.0. The van der Waals surface area contributed by atoms with Crippen molar-refractivity contribution in [2.24, 2.45) is 11.8 Å². The molecular formula is C81H158O17P2. The van der Waals surface area contributed by atoms with E-state index in [0.717, 1.165) is 102 Å². The number of aliphatic hydroxyl groups is 1. The Morgan fingerprint density at radius 3 is 0.680 bits per heavy atom. The summed E-state index contributed by atoms with van der Waals surface area (Å²) in [6, 6.07) is 0. The smallest absolute Gasteiger partial charge is 0.462 e. The number of esters is 4. The summed E-state index contributed by atoms with van der Waals surface area (Å²) in [5.41, 5.74) is 0. The van der Waals surface area contributed by atoms with Crippen LogP contribution in [0.15, 0.2) is 0 Å². The predicted octanol–water partition coefficient (Wildman–Crippen LogP) is 24.3. The van der Waals surface area contributed by atoms with Gasteiger partial charge in [-0.25, -0.2) is 9.13 Å². The van der Waals surface area contributed by atoms with Gasteiger partial charge in [-0.2, -0.15) is 0 Å². The lowest BCUT2D eigenvalue weighted by Gasteiger charge is -2.21. The number of phosphoric acid groups is 2. The molecule has 17 nitrogen and oxygen atoms in total. The van der Waals surface area contributed by atoms with Gasteiger partial charge in [-0.15, -0.1) is 0 Å². The first-order chi connectivity index (χ1) is 48.4. The molecule has 0 rings (SSSR count). The van der Waals surface area contributed by atoms with Gasteiger partial charge in [0.2, 0.25) is 0 Å². The lowest BCUT2D eigenvalue weighted by molar-refractivity contribution is -0.161. The Bertz CT molecular complexity index is 1920. The maximum Gasteiger partial charge on any atom is 0.472 e. The van der Waals surface area contributed by atoms with Crippen molar-refractivity contribution in [3.63, 3.8) is 0 Å². The molecule has 0 heterocycles. The van der Waals surface area contributed by atoms with Crippen LogP contribution in [0.4, 0.5) is 0 Å². The summed E-state index contributed by atoms with van der Waals surface area (Å²) in [6.45, 7) is 9.54. The molecule has 0 aliphatic heterocycles. The van der Waals surface area contributed by atoms with Crippen LogP contribution in [-0.4, -0.2) is 96.7 Å². The minimum atomic E-state index is -4.96. The van der Waals surface area contributed by atoms with Crippen LogP contribution in [0, 0.1) is 11.8 Å². The molecule has 0 saturated carbocycles. The molecule has 0 aliphatic carbocycles. The first kappa shape index (κ1) is 98.1. The van der Waals surface area contributed by atoms with Crippen molar-refractivity contribution in [2.75, 3.05) is 39.6 Å². The van der Waals surface area contributed by atoms with E-state index in [1.165, 1.54) is 238 Å². The third-order valence-corrected chi connectivity index (χ3v) is 20.9. The highest BCUT2D eigenvalue weighted by molar-refractivity contribution is 7.47. The summed E-state index contributed by atoms with van der Waals surface area (Å²) < 4.78 is 68.7. The van der Waals surface area contributed by atoms with Crippen molar-refractivity contribution < 1.29 is 80.2 Å². The molecule has 0 fully saturated rings. The van der Waals surface area contributed by atoms with E-state index in [9.17, 15) is 43.2 Å². The van der Waals surface area contributed by atoms with E-state index in [-0.39, 0.29) is 25.7 Å². The lowest BCUT2D eigenvalue weighted by Crippen LogP contribution is -2.30. The van der Waals surface area contributed by atoms with Gasteiger partial charge in [-0.05, 0) is 37.5 Å². The van der Waals surface area contributed by atoms with Crippen LogP contribution in [0.1, 0.15) is 427 Å². The number of aliphatic hydroxyl groups excluding tert-OH is 1. The fourth-order valence-corrected chi connectivity index (χ4v) is 14.1. The van der Waals surface area contributed by atoms with Gasteiger partial charge in [-0.3, -0.25) is 37.3 Å². The zero-order valence-corrected chi connectivity index (χ0v) is 67.3. The third kappa shape index (κ3) is 74.3. The second-order valence-electron chi connectivity index (χ2n) is 30.1. The van der Waals surface area contributed by atoms with Gasteiger partial charge in [0, 0.05) is 25.7 Å². The summed E-state index contributed by atoms with van der Waals surface area (Å²) >= 11 is 0. The molecule has 19 heteroatoms. The van der Waals surface area contributed by atoms with Gasteiger partial charge in [0.15, 0.2) is 12.2 Å². The number of hydrogen-bond donors (Lipinski definition) is 3. The molecule has 0 aromatic carbocycles. The molecule has 0 amide bonds. The number of unbranched alkanes of at least 4 members (excludes halogenated alkanes) is 50. The normalized spacial score (nSPS) is 13.9. The summed E-state index contributed by atoms with van der Waals surface area (Å²) in [4.78, 5) is 73.0. The second kappa shape index (κ2) is 72.6. The van der Waals surface area contributed by atoms with Crippen molar-refractivity contribution in [1.29, 1.82) is 0 Å². The maximum absolute atomic E-state index is 13.1. The Hall–Kier alpha value is -1.94. The largest absolute Gasteiger partial charge is 0.472 e. The maximum atomic E-state index is 13.1. The molecule has 0 saturated heterocycles. The molecule has 0 spiro atoms. The van der Waals surface area contributed by atoms with Crippen LogP contribution in [-0.2, 0) is 65.4 Å². The minimum absolute atomic E-state index is 0.105. The average molecular weight is 1470 g/mol. The van der Waals surface area contributed by atoms with Crippen LogP contribution in [0.5, 0.6) is 0 Å². The summed E-state index contributed by atoms with van der Waals surface area (Å²) in [5, 5.41) is 10.6. The fourth-order valence-electron chi connectivity index (χ4n) is 12.5. The first-order valence-electron chi connectivity index (χ1n) is 42.0. The van der Waals surface area contributed by atoms with Gasteiger partial charge >= 0.3 is 39.5 Å². The Balaban J connectivity index is 5.20. The van der Waals surface area contributed by atoms with Crippen molar-refractivity contribution in [2.45, 2.75) is 445 Å². The van der Waals surface area contributed by atoms with E-state index in [1.807, 2.05) is 0 Å². The van der Waals surface area contributed by atoms with Crippen LogP contribution < -0.4 is 0 Å². The van der Waals surface area contributed by atoms with Crippen LogP contribution in [0.3, 0.4) is 0 Å². The number of ether oxygens (including phenoxy) is 4. The molecule has 0 radical (unpaired) electrons. The van der Waals surface area contributed by atoms with Gasteiger partial charge < -0.3 is 33.8 Å². The van der Waals surface area contributed by atoms with Crippen LogP contribution in [0.2, 0.25) is 0 Å². The molecule has 5 atom stereocenters. The lowest BCUT2D eigenvalue weighted by atomic mass is 10.0. The number of hydrogen-bond acceptors (Lipinski definition) is 15. The van der Waals surface area contributed by atoms with E-state index < -0.39 is 97.5 Å². The molecule has 0 aromatic rings. The van der Waals surface area contributed by atoms with Crippen molar-refractivity contribution in [3.8, 4) is 0 Å². The number of rotatable bonds is 80. The molecule has 2 unspecified atom stereocenters. The van der Waals surface area contributed by atoms with Gasteiger partial charge in [0.25, 0.3) is 0 Å². The molecule has 0 aromatic heterocycles. The summed E-state index contributed by atoms with van der Waals surface area (Å²) in [5.74, 6) is -0.681. The Kier molecular flexibility index (Phi) is 71.2. The van der Waals surface area contributed by atoms with Crippen LogP contribution in [0.25, 0.3) is 0 Å². The highest BCUT2D eigenvalue weighted by Gasteiger charge is 2.30. The molecule has 0 bridgehead atoms. The molecular weight excluding hydrogens is 1310 g/mol.